The summed E-state index contributed by atoms with van der Waals surface area (Å²) in [5.41, 5.74) is 5.46. The van der Waals surface area contributed by atoms with Crippen molar-refractivity contribution in [2.45, 2.75) is 24.5 Å². The number of rotatable bonds is 3. The Bertz CT molecular complexity index is 514. The summed E-state index contributed by atoms with van der Waals surface area (Å²) in [6.45, 7) is 1.83. The Labute approximate surface area is 123 Å². The molecule has 0 aromatic heterocycles. The van der Waals surface area contributed by atoms with Crippen molar-refractivity contribution < 1.29 is 19.0 Å². The lowest BCUT2D eigenvalue weighted by molar-refractivity contribution is -0.133. The number of amides is 1. The highest BCUT2D eigenvalue weighted by atomic mass is 16.6. The van der Waals surface area contributed by atoms with E-state index < -0.39 is 11.6 Å². The van der Waals surface area contributed by atoms with Gasteiger partial charge in [-0.1, -0.05) is 12.1 Å². The van der Waals surface area contributed by atoms with Crippen LogP contribution in [0.4, 0.5) is 0 Å². The molecule has 1 unspecified atom stereocenters. The second-order valence-corrected chi connectivity index (χ2v) is 5.45. The summed E-state index contributed by atoms with van der Waals surface area (Å²) in [6.07, 6.45) is 0.796. The first-order chi connectivity index (χ1) is 10.2. The van der Waals surface area contributed by atoms with E-state index in [9.17, 15) is 4.79 Å². The van der Waals surface area contributed by atoms with Crippen LogP contribution in [-0.2, 0) is 9.53 Å². The molecule has 21 heavy (non-hydrogen) atoms. The van der Waals surface area contributed by atoms with Crippen LogP contribution in [0.25, 0.3) is 0 Å². The monoisotopic (exact) mass is 292 g/mol. The number of ether oxygens (including phenoxy) is 3. The van der Waals surface area contributed by atoms with Gasteiger partial charge >= 0.3 is 0 Å². The molecule has 0 saturated carbocycles. The molecule has 2 aliphatic rings. The lowest BCUT2D eigenvalue weighted by Crippen LogP contribution is -2.60. The average molecular weight is 292 g/mol. The minimum absolute atomic E-state index is 0.183. The number of nitrogens with two attached hydrogens (primary N) is 1. The van der Waals surface area contributed by atoms with Crippen LogP contribution in [0.1, 0.15) is 12.8 Å². The van der Waals surface area contributed by atoms with Crippen molar-refractivity contribution in [3.63, 3.8) is 0 Å². The third-order valence-electron chi connectivity index (χ3n) is 4.03. The first-order valence-electron chi connectivity index (χ1n) is 7.21. The molecule has 0 radical (unpaired) electrons. The van der Waals surface area contributed by atoms with Gasteiger partial charge in [0.2, 0.25) is 6.10 Å². The van der Waals surface area contributed by atoms with Crippen LogP contribution < -0.4 is 20.5 Å². The number of carbonyl (C=O) groups excluding carboxylic acids is 1. The normalized spacial score (nSPS) is 23.4. The SMILES string of the molecule is NCC1(NC(=O)C2COc3ccccc3O2)CCOCC1. The van der Waals surface area contributed by atoms with Gasteiger partial charge in [0, 0.05) is 19.8 Å². The number of benzene rings is 1. The van der Waals surface area contributed by atoms with Gasteiger partial charge in [0.1, 0.15) is 6.61 Å². The molecule has 1 fully saturated rings. The highest BCUT2D eigenvalue weighted by molar-refractivity contribution is 5.82. The van der Waals surface area contributed by atoms with E-state index in [4.69, 9.17) is 19.9 Å². The van der Waals surface area contributed by atoms with Crippen molar-refractivity contribution in [3.8, 4) is 11.5 Å². The number of hydrogen-bond acceptors (Lipinski definition) is 5. The molecular weight excluding hydrogens is 272 g/mol. The fraction of sp³-hybridized carbons (Fsp3) is 0.533. The third kappa shape index (κ3) is 2.96. The summed E-state index contributed by atoms with van der Waals surface area (Å²) < 4.78 is 16.6. The molecule has 3 rings (SSSR count). The number of para-hydroxylation sites is 2. The summed E-state index contributed by atoms with van der Waals surface area (Å²) in [4.78, 5) is 12.4. The maximum absolute atomic E-state index is 12.4. The molecule has 0 spiro atoms. The van der Waals surface area contributed by atoms with Gasteiger partial charge in [0.15, 0.2) is 11.5 Å². The number of carbonyl (C=O) groups is 1. The molecular formula is C15H20N2O4. The van der Waals surface area contributed by atoms with Crippen LogP contribution in [0.5, 0.6) is 11.5 Å². The van der Waals surface area contributed by atoms with Crippen LogP contribution in [0.2, 0.25) is 0 Å². The molecule has 1 saturated heterocycles. The zero-order chi connectivity index (χ0) is 14.7. The van der Waals surface area contributed by atoms with Crippen molar-refractivity contribution in [2.24, 2.45) is 5.73 Å². The zero-order valence-corrected chi connectivity index (χ0v) is 11.8. The molecule has 2 heterocycles. The third-order valence-corrected chi connectivity index (χ3v) is 4.03. The molecule has 6 heteroatoms. The van der Waals surface area contributed by atoms with E-state index in [-0.39, 0.29) is 12.5 Å². The second-order valence-electron chi connectivity index (χ2n) is 5.45. The summed E-state index contributed by atoms with van der Waals surface area (Å²) in [5.74, 6) is 1.08. The molecule has 1 amide bonds. The zero-order valence-electron chi connectivity index (χ0n) is 11.8. The second kappa shape index (κ2) is 5.91. The van der Waals surface area contributed by atoms with E-state index in [1.807, 2.05) is 18.2 Å². The Balaban J connectivity index is 1.66. The van der Waals surface area contributed by atoms with Gasteiger partial charge < -0.3 is 25.3 Å². The van der Waals surface area contributed by atoms with E-state index >= 15 is 0 Å². The Kier molecular flexibility index (Phi) is 3.98. The van der Waals surface area contributed by atoms with Crippen LogP contribution in [0.3, 0.4) is 0 Å². The Hall–Kier alpha value is -1.79. The summed E-state index contributed by atoms with van der Waals surface area (Å²) >= 11 is 0. The number of nitrogens with one attached hydrogen (secondary N) is 1. The van der Waals surface area contributed by atoms with Crippen LogP contribution in [0, 0.1) is 0 Å². The molecule has 0 aliphatic carbocycles. The highest BCUT2D eigenvalue weighted by Gasteiger charge is 2.36. The summed E-state index contributed by atoms with van der Waals surface area (Å²) in [7, 11) is 0. The molecule has 1 atom stereocenters. The fourth-order valence-corrected chi connectivity index (χ4v) is 2.63. The largest absolute Gasteiger partial charge is 0.485 e. The maximum atomic E-state index is 12.4. The fourth-order valence-electron chi connectivity index (χ4n) is 2.63. The topological polar surface area (TPSA) is 82.8 Å². The lowest BCUT2D eigenvalue weighted by atomic mass is 9.90. The molecule has 3 N–H and O–H groups in total. The molecule has 0 bridgehead atoms. The molecule has 114 valence electrons. The Morgan fingerprint density at radius 2 is 2.00 bits per heavy atom. The van der Waals surface area contributed by atoms with Crippen molar-refractivity contribution in [1.29, 1.82) is 0 Å². The van der Waals surface area contributed by atoms with Gasteiger partial charge in [0.05, 0.1) is 5.54 Å². The first-order valence-corrected chi connectivity index (χ1v) is 7.21. The minimum Gasteiger partial charge on any atom is -0.485 e. The van der Waals surface area contributed by atoms with Gasteiger partial charge in [0.25, 0.3) is 5.91 Å². The van der Waals surface area contributed by atoms with Gasteiger partial charge in [-0.05, 0) is 25.0 Å². The molecule has 6 nitrogen and oxygen atoms in total. The predicted molar refractivity (Wildman–Crippen MR) is 76.3 cm³/mol. The van der Waals surface area contributed by atoms with E-state index in [0.717, 1.165) is 12.8 Å². The standard InChI is InChI=1S/C15H20N2O4/c16-10-15(5-7-19-8-6-15)17-14(18)13-9-20-11-3-1-2-4-12(11)21-13/h1-4,13H,5-10,16H2,(H,17,18). The van der Waals surface area contributed by atoms with E-state index in [1.165, 1.54) is 0 Å². The van der Waals surface area contributed by atoms with Crippen molar-refractivity contribution in [1.82, 2.24) is 5.32 Å². The Morgan fingerprint density at radius 1 is 1.29 bits per heavy atom. The smallest absolute Gasteiger partial charge is 0.265 e. The maximum Gasteiger partial charge on any atom is 0.265 e. The van der Waals surface area contributed by atoms with Gasteiger partial charge in [-0.15, -0.1) is 0 Å². The quantitative estimate of drug-likeness (QED) is 0.845. The predicted octanol–water partition coefficient (Wildman–Crippen LogP) is 0.451. The van der Waals surface area contributed by atoms with Crippen LogP contribution in [0.15, 0.2) is 24.3 Å². The minimum atomic E-state index is -0.647. The summed E-state index contributed by atoms with van der Waals surface area (Å²) in [6, 6.07) is 7.33. The average Bonchev–Trinajstić information content (AvgIpc) is 2.55. The van der Waals surface area contributed by atoms with E-state index in [0.29, 0.717) is 31.3 Å². The first kappa shape index (κ1) is 14.2. The summed E-state index contributed by atoms with van der Waals surface area (Å²) in [5, 5.41) is 3.03. The van der Waals surface area contributed by atoms with Crippen molar-refractivity contribution in [2.75, 3.05) is 26.4 Å². The van der Waals surface area contributed by atoms with Gasteiger partial charge in [-0.2, -0.15) is 0 Å². The highest BCUT2D eigenvalue weighted by Crippen LogP contribution is 2.31. The van der Waals surface area contributed by atoms with Crippen molar-refractivity contribution in [3.05, 3.63) is 24.3 Å². The van der Waals surface area contributed by atoms with Crippen molar-refractivity contribution >= 4 is 5.91 Å². The molecule has 2 aliphatic heterocycles. The van der Waals surface area contributed by atoms with Gasteiger partial charge in [-0.3, -0.25) is 4.79 Å². The Morgan fingerprint density at radius 3 is 2.71 bits per heavy atom. The van der Waals surface area contributed by atoms with E-state index in [1.54, 1.807) is 6.07 Å². The van der Waals surface area contributed by atoms with Crippen LogP contribution >= 0.6 is 0 Å². The van der Waals surface area contributed by atoms with E-state index in [2.05, 4.69) is 5.32 Å². The lowest BCUT2D eigenvalue weighted by Gasteiger charge is -2.38. The van der Waals surface area contributed by atoms with Crippen LogP contribution in [-0.4, -0.2) is 43.9 Å². The van der Waals surface area contributed by atoms with Gasteiger partial charge in [-0.25, -0.2) is 0 Å². The molecule has 1 aromatic carbocycles. The number of hydrogen-bond donors (Lipinski definition) is 2. The molecule has 1 aromatic rings. The number of fused-ring (bicyclic) bond motifs is 1.